The van der Waals surface area contributed by atoms with Gasteiger partial charge in [0.1, 0.15) is 5.75 Å². The maximum atomic E-state index is 5.46. The summed E-state index contributed by atoms with van der Waals surface area (Å²) in [6.45, 7) is 6.57. The van der Waals surface area contributed by atoms with Gasteiger partial charge >= 0.3 is 0 Å². The van der Waals surface area contributed by atoms with E-state index < -0.39 is 0 Å². The molecule has 24 heavy (non-hydrogen) atoms. The van der Waals surface area contributed by atoms with E-state index in [-0.39, 0.29) is 6.04 Å². The van der Waals surface area contributed by atoms with Crippen molar-refractivity contribution in [3.63, 3.8) is 0 Å². The van der Waals surface area contributed by atoms with Crippen molar-refractivity contribution in [2.24, 2.45) is 0 Å². The van der Waals surface area contributed by atoms with Crippen LogP contribution in [0.1, 0.15) is 50.3 Å². The Hall–Kier alpha value is -2.07. The van der Waals surface area contributed by atoms with E-state index in [1.807, 2.05) is 24.3 Å². The van der Waals surface area contributed by atoms with Gasteiger partial charge in [0.15, 0.2) is 5.11 Å². The minimum atomic E-state index is 0.192. The maximum Gasteiger partial charge on any atom is 0.171 e. The molecule has 4 heteroatoms. The number of hydrogen-bond acceptors (Lipinski definition) is 2. The van der Waals surface area contributed by atoms with Crippen molar-refractivity contribution in [2.75, 3.05) is 12.4 Å². The minimum Gasteiger partial charge on any atom is -0.497 e. The standard InChI is InChI=1S/C20H26N2OS/c1-5-19(16-11-9-15(10-12-16)14(2)3)22-20(24)21-17-7-6-8-18(13-17)23-4/h6-14,19H,5H2,1-4H3,(H2,21,22,24). The van der Waals surface area contributed by atoms with Gasteiger partial charge in [0.05, 0.1) is 13.2 Å². The van der Waals surface area contributed by atoms with Gasteiger partial charge in [-0.15, -0.1) is 0 Å². The van der Waals surface area contributed by atoms with Crippen molar-refractivity contribution in [1.82, 2.24) is 5.32 Å². The Morgan fingerprint density at radius 2 is 1.75 bits per heavy atom. The van der Waals surface area contributed by atoms with E-state index in [2.05, 4.69) is 55.7 Å². The minimum absolute atomic E-state index is 0.192. The number of hydrogen-bond donors (Lipinski definition) is 2. The van der Waals surface area contributed by atoms with Gasteiger partial charge in [-0.3, -0.25) is 0 Å². The summed E-state index contributed by atoms with van der Waals surface area (Å²) in [6, 6.07) is 16.7. The Balaban J connectivity index is 2.02. The van der Waals surface area contributed by atoms with Crippen molar-refractivity contribution < 1.29 is 4.74 Å². The highest BCUT2D eigenvalue weighted by Crippen LogP contribution is 2.21. The molecule has 0 aliphatic rings. The first-order valence-electron chi connectivity index (χ1n) is 8.35. The molecule has 0 aliphatic carbocycles. The van der Waals surface area contributed by atoms with Crippen LogP contribution in [0.25, 0.3) is 0 Å². The van der Waals surface area contributed by atoms with E-state index in [0.29, 0.717) is 11.0 Å². The van der Waals surface area contributed by atoms with E-state index >= 15 is 0 Å². The number of thiocarbonyl (C=S) groups is 1. The number of nitrogens with one attached hydrogen (secondary N) is 2. The maximum absolute atomic E-state index is 5.46. The van der Waals surface area contributed by atoms with Crippen molar-refractivity contribution in [3.8, 4) is 5.75 Å². The zero-order chi connectivity index (χ0) is 17.5. The van der Waals surface area contributed by atoms with Crippen molar-refractivity contribution >= 4 is 23.0 Å². The van der Waals surface area contributed by atoms with Gasteiger partial charge < -0.3 is 15.4 Å². The monoisotopic (exact) mass is 342 g/mol. The average molecular weight is 343 g/mol. The second-order valence-electron chi connectivity index (χ2n) is 6.11. The van der Waals surface area contributed by atoms with Crippen molar-refractivity contribution in [1.29, 1.82) is 0 Å². The van der Waals surface area contributed by atoms with Crippen LogP contribution in [-0.4, -0.2) is 12.2 Å². The van der Waals surface area contributed by atoms with E-state index in [1.165, 1.54) is 11.1 Å². The van der Waals surface area contributed by atoms with E-state index in [9.17, 15) is 0 Å². The number of ether oxygens (including phenoxy) is 1. The highest BCUT2D eigenvalue weighted by atomic mass is 32.1. The van der Waals surface area contributed by atoms with Crippen LogP contribution in [0.3, 0.4) is 0 Å². The molecule has 2 aromatic rings. The van der Waals surface area contributed by atoms with Crippen LogP contribution in [-0.2, 0) is 0 Å². The molecule has 0 aromatic heterocycles. The predicted octanol–water partition coefficient (Wildman–Crippen LogP) is 5.26. The Morgan fingerprint density at radius 1 is 1.08 bits per heavy atom. The number of methoxy groups -OCH3 is 1. The third-order valence-electron chi connectivity index (χ3n) is 4.05. The van der Waals surface area contributed by atoms with Crippen molar-refractivity contribution in [2.45, 2.75) is 39.2 Å². The van der Waals surface area contributed by atoms with Crippen LogP contribution >= 0.6 is 12.2 Å². The van der Waals surface area contributed by atoms with Gasteiger partial charge in [-0.25, -0.2) is 0 Å². The first-order valence-corrected chi connectivity index (χ1v) is 8.75. The smallest absolute Gasteiger partial charge is 0.171 e. The fourth-order valence-corrected chi connectivity index (χ4v) is 2.82. The lowest BCUT2D eigenvalue weighted by molar-refractivity contribution is 0.415. The van der Waals surface area contributed by atoms with Crippen LogP contribution in [0.5, 0.6) is 5.75 Å². The molecule has 0 heterocycles. The molecular formula is C20H26N2OS. The second kappa shape index (κ2) is 8.69. The summed E-state index contributed by atoms with van der Waals surface area (Å²) in [5.41, 5.74) is 3.51. The number of anilines is 1. The molecule has 1 unspecified atom stereocenters. The van der Waals surface area contributed by atoms with E-state index in [4.69, 9.17) is 17.0 Å². The van der Waals surface area contributed by atoms with Crippen LogP contribution in [0.2, 0.25) is 0 Å². The van der Waals surface area contributed by atoms with E-state index in [1.54, 1.807) is 7.11 Å². The van der Waals surface area contributed by atoms with Gasteiger partial charge in [0.25, 0.3) is 0 Å². The zero-order valence-electron chi connectivity index (χ0n) is 14.8. The molecule has 3 nitrogen and oxygen atoms in total. The molecule has 0 bridgehead atoms. The zero-order valence-corrected chi connectivity index (χ0v) is 15.6. The van der Waals surface area contributed by atoms with Crippen LogP contribution < -0.4 is 15.4 Å². The predicted molar refractivity (Wildman–Crippen MR) is 106 cm³/mol. The molecule has 0 aliphatic heterocycles. The van der Waals surface area contributed by atoms with Gasteiger partial charge in [0, 0.05) is 11.8 Å². The summed E-state index contributed by atoms with van der Waals surface area (Å²) >= 11 is 5.46. The quantitative estimate of drug-likeness (QED) is 0.702. The van der Waals surface area contributed by atoms with Gasteiger partial charge in [0.2, 0.25) is 0 Å². The van der Waals surface area contributed by atoms with Gasteiger partial charge in [-0.1, -0.05) is 51.1 Å². The lowest BCUT2D eigenvalue weighted by Crippen LogP contribution is -2.32. The SMILES string of the molecule is CCC(NC(=S)Nc1cccc(OC)c1)c1ccc(C(C)C)cc1. The molecule has 0 radical (unpaired) electrons. The first-order chi connectivity index (χ1) is 11.5. The molecule has 2 N–H and O–H groups in total. The number of benzene rings is 2. The Bertz CT molecular complexity index is 668. The third-order valence-corrected chi connectivity index (χ3v) is 4.27. The summed E-state index contributed by atoms with van der Waals surface area (Å²) in [7, 11) is 1.66. The molecule has 0 saturated heterocycles. The summed E-state index contributed by atoms with van der Waals surface area (Å²) in [6.07, 6.45) is 0.959. The summed E-state index contributed by atoms with van der Waals surface area (Å²) < 4.78 is 5.23. The molecule has 0 amide bonds. The topological polar surface area (TPSA) is 33.3 Å². The Labute approximate surface area is 150 Å². The van der Waals surface area contributed by atoms with Crippen LogP contribution in [0.15, 0.2) is 48.5 Å². The van der Waals surface area contributed by atoms with Gasteiger partial charge in [-0.05, 0) is 47.8 Å². The van der Waals surface area contributed by atoms with E-state index in [0.717, 1.165) is 17.9 Å². The molecule has 128 valence electrons. The highest BCUT2D eigenvalue weighted by Gasteiger charge is 2.11. The normalized spacial score (nSPS) is 11.9. The number of rotatable bonds is 6. The van der Waals surface area contributed by atoms with Crippen LogP contribution in [0.4, 0.5) is 5.69 Å². The first kappa shape index (κ1) is 18.3. The molecule has 1 atom stereocenters. The average Bonchev–Trinajstić information content (AvgIpc) is 2.60. The molecule has 0 fully saturated rings. The summed E-state index contributed by atoms with van der Waals surface area (Å²) in [5, 5.41) is 7.23. The van der Waals surface area contributed by atoms with Crippen molar-refractivity contribution in [3.05, 3.63) is 59.7 Å². The summed E-state index contributed by atoms with van der Waals surface area (Å²) in [4.78, 5) is 0. The molecule has 0 saturated carbocycles. The van der Waals surface area contributed by atoms with Gasteiger partial charge in [-0.2, -0.15) is 0 Å². The summed E-state index contributed by atoms with van der Waals surface area (Å²) in [5.74, 6) is 1.35. The third kappa shape index (κ3) is 4.96. The fourth-order valence-electron chi connectivity index (χ4n) is 2.56. The Morgan fingerprint density at radius 3 is 2.33 bits per heavy atom. The largest absolute Gasteiger partial charge is 0.497 e. The molecular weight excluding hydrogens is 316 g/mol. The lowest BCUT2D eigenvalue weighted by atomic mass is 9.98. The highest BCUT2D eigenvalue weighted by molar-refractivity contribution is 7.80. The molecule has 0 spiro atoms. The second-order valence-corrected chi connectivity index (χ2v) is 6.52. The Kier molecular flexibility index (Phi) is 6.62. The molecule has 2 aromatic carbocycles. The fraction of sp³-hybridized carbons (Fsp3) is 0.350. The molecule has 2 rings (SSSR count). The van der Waals surface area contributed by atoms with Crippen LogP contribution in [0, 0.1) is 0 Å². The lowest BCUT2D eigenvalue weighted by Gasteiger charge is -2.21.